The number of anilines is 1. The molecule has 2 amide bonds. The van der Waals surface area contributed by atoms with Crippen molar-refractivity contribution in [2.24, 2.45) is 5.92 Å². The van der Waals surface area contributed by atoms with E-state index in [0.29, 0.717) is 32.4 Å². The van der Waals surface area contributed by atoms with Gasteiger partial charge in [-0.25, -0.2) is 8.42 Å². The molecule has 0 aliphatic carbocycles. The molecule has 0 atom stereocenters. The lowest BCUT2D eigenvalue weighted by Gasteiger charge is -2.37. The molecular weight excluding hydrogens is 390 g/mol. The molecule has 1 aromatic carbocycles. The van der Waals surface area contributed by atoms with Crippen molar-refractivity contribution in [2.45, 2.75) is 63.3 Å². The summed E-state index contributed by atoms with van der Waals surface area (Å²) in [7, 11) is -1.93. The summed E-state index contributed by atoms with van der Waals surface area (Å²) in [6.07, 6.45) is 1.38. The average molecular weight is 422 g/mol. The number of sulfonamides is 1. The molecule has 2 heterocycles. The van der Waals surface area contributed by atoms with Crippen LogP contribution < -0.4 is 10.2 Å². The second kappa shape index (κ2) is 7.72. The molecule has 0 unspecified atom stereocenters. The Morgan fingerprint density at radius 2 is 1.83 bits per heavy atom. The smallest absolute Gasteiger partial charge is 0.243 e. The molecular formula is C21H31N3O4S. The monoisotopic (exact) mass is 421 g/mol. The first-order valence-corrected chi connectivity index (χ1v) is 11.6. The van der Waals surface area contributed by atoms with Gasteiger partial charge in [0, 0.05) is 49.6 Å². The fourth-order valence-corrected chi connectivity index (χ4v) is 5.64. The van der Waals surface area contributed by atoms with E-state index in [1.54, 1.807) is 30.1 Å². The molecule has 1 saturated heterocycles. The third-order valence-corrected chi connectivity index (χ3v) is 7.81. The third kappa shape index (κ3) is 4.19. The van der Waals surface area contributed by atoms with E-state index in [2.05, 4.69) is 5.32 Å². The number of nitrogens with one attached hydrogen (secondary N) is 1. The Labute approximate surface area is 173 Å². The summed E-state index contributed by atoms with van der Waals surface area (Å²) < 4.78 is 27.9. The van der Waals surface area contributed by atoms with Gasteiger partial charge in [-0.3, -0.25) is 9.59 Å². The van der Waals surface area contributed by atoms with E-state index in [1.807, 2.05) is 27.7 Å². The van der Waals surface area contributed by atoms with Gasteiger partial charge in [0.15, 0.2) is 0 Å². The molecule has 29 heavy (non-hydrogen) atoms. The molecule has 7 nitrogen and oxygen atoms in total. The molecule has 1 fully saturated rings. The van der Waals surface area contributed by atoms with Crippen molar-refractivity contribution in [2.75, 3.05) is 25.0 Å². The van der Waals surface area contributed by atoms with Gasteiger partial charge in [0.05, 0.1) is 4.90 Å². The Hall–Kier alpha value is -1.93. The zero-order valence-electron chi connectivity index (χ0n) is 17.9. The summed E-state index contributed by atoms with van der Waals surface area (Å²) in [6.45, 7) is 8.42. The number of amides is 2. The van der Waals surface area contributed by atoms with E-state index >= 15 is 0 Å². The van der Waals surface area contributed by atoms with E-state index in [-0.39, 0.29) is 28.7 Å². The van der Waals surface area contributed by atoms with Crippen LogP contribution in [0.1, 0.15) is 52.5 Å². The molecule has 160 valence electrons. The highest BCUT2D eigenvalue weighted by Gasteiger charge is 2.37. The predicted molar refractivity (Wildman–Crippen MR) is 112 cm³/mol. The first kappa shape index (κ1) is 21.8. The zero-order valence-corrected chi connectivity index (χ0v) is 18.7. The van der Waals surface area contributed by atoms with Crippen LogP contribution in [-0.4, -0.2) is 50.7 Å². The van der Waals surface area contributed by atoms with Gasteiger partial charge in [0.1, 0.15) is 0 Å². The van der Waals surface area contributed by atoms with Gasteiger partial charge in [0.25, 0.3) is 0 Å². The van der Waals surface area contributed by atoms with Crippen LogP contribution in [0.15, 0.2) is 23.1 Å². The first-order chi connectivity index (χ1) is 13.4. The fourth-order valence-electron chi connectivity index (χ4n) is 4.15. The van der Waals surface area contributed by atoms with Crippen LogP contribution in [0.4, 0.5) is 5.69 Å². The van der Waals surface area contributed by atoms with E-state index in [9.17, 15) is 18.0 Å². The Morgan fingerprint density at radius 1 is 1.21 bits per heavy atom. The largest absolute Gasteiger partial charge is 0.354 e. The van der Waals surface area contributed by atoms with Gasteiger partial charge in [-0.15, -0.1) is 0 Å². The van der Waals surface area contributed by atoms with Crippen LogP contribution in [0.25, 0.3) is 0 Å². The molecule has 0 radical (unpaired) electrons. The minimum absolute atomic E-state index is 0.000262. The van der Waals surface area contributed by atoms with Crippen LogP contribution in [-0.2, 0) is 25.0 Å². The van der Waals surface area contributed by atoms with Gasteiger partial charge in [-0.2, -0.15) is 4.31 Å². The highest BCUT2D eigenvalue weighted by molar-refractivity contribution is 7.89. The highest BCUT2D eigenvalue weighted by atomic mass is 32.2. The van der Waals surface area contributed by atoms with Crippen molar-refractivity contribution < 1.29 is 18.0 Å². The average Bonchev–Trinajstić information content (AvgIpc) is 2.65. The van der Waals surface area contributed by atoms with Crippen LogP contribution in [0, 0.1) is 5.92 Å². The molecule has 0 spiro atoms. The SMILES string of the molecule is CC(C)NC(=O)C1CCN(S(=O)(=O)c2ccc3c(c2)C(C)(C)CC(=O)N3C)CC1. The number of fused-ring (bicyclic) bond motifs is 1. The quantitative estimate of drug-likeness (QED) is 0.808. The van der Waals surface area contributed by atoms with Crippen molar-refractivity contribution in [3.8, 4) is 0 Å². The maximum atomic E-state index is 13.2. The molecule has 0 bridgehead atoms. The highest BCUT2D eigenvalue weighted by Crippen LogP contribution is 2.41. The number of carbonyl (C=O) groups excluding carboxylic acids is 2. The Morgan fingerprint density at radius 3 is 2.41 bits per heavy atom. The molecule has 3 rings (SSSR count). The van der Waals surface area contributed by atoms with E-state index in [1.165, 1.54) is 4.31 Å². The minimum Gasteiger partial charge on any atom is -0.354 e. The second-order valence-corrected chi connectivity index (χ2v) is 11.0. The topological polar surface area (TPSA) is 86.8 Å². The summed E-state index contributed by atoms with van der Waals surface area (Å²) >= 11 is 0. The maximum Gasteiger partial charge on any atom is 0.243 e. The molecule has 0 saturated carbocycles. The van der Waals surface area contributed by atoms with Crippen molar-refractivity contribution >= 4 is 27.5 Å². The van der Waals surface area contributed by atoms with Crippen LogP contribution >= 0.6 is 0 Å². The van der Waals surface area contributed by atoms with Crippen molar-refractivity contribution in [3.05, 3.63) is 23.8 Å². The predicted octanol–water partition coefficient (Wildman–Crippen LogP) is 2.26. The lowest BCUT2D eigenvalue weighted by Crippen LogP contribution is -2.44. The maximum absolute atomic E-state index is 13.2. The summed E-state index contributed by atoms with van der Waals surface area (Å²) in [5, 5.41) is 2.91. The summed E-state index contributed by atoms with van der Waals surface area (Å²) in [6, 6.07) is 5.10. The molecule has 0 aromatic heterocycles. The second-order valence-electron chi connectivity index (χ2n) is 9.03. The Kier molecular flexibility index (Phi) is 5.80. The number of hydrogen-bond acceptors (Lipinski definition) is 4. The number of carbonyl (C=O) groups is 2. The Balaban J connectivity index is 1.81. The molecule has 2 aliphatic rings. The van der Waals surface area contributed by atoms with Crippen molar-refractivity contribution in [3.63, 3.8) is 0 Å². The molecule has 1 aromatic rings. The van der Waals surface area contributed by atoms with Gasteiger partial charge in [0.2, 0.25) is 21.8 Å². The minimum atomic E-state index is -3.65. The summed E-state index contributed by atoms with van der Waals surface area (Å²) in [5.41, 5.74) is 1.20. The van der Waals surface area contributed by atoms with E-state index in [4.69, 9.17) is 0 Å². The van der Waals surface area contributed by atoms with E-state index in [0.717, 1.165) is 11.3 Å². The number of piperidine rings is 1. The van der Waals surface area contributed by atoms with Gasteiger partial charge in [-0.05, 0) is 50.5 Å². The number of rotatable bonds is 4. The van der Waals surface area contributed by atoms with Gasteiger partial charge in [-0.1, -0.05) is 13.8 Å². The van der Waals surface area contributed by atoms with Crippen molar-refractivity contribution in [1.29, 1.82) is 0 Å². The summed E-state index contributed by atoms with van der Waals surface area (Å²) in [5.74, 6) is -0.119. The zero-order chi connectivity index (χ0) is 21.6. The van der Waals surface area contributed by atoms with Gasteiger partial charge < -0.3 is 10.2 Å². The van der Waals surface area contributed by atoms with Crippen molar-refractivity contribution in [1.82, 2.24) is 9.62 Å². The normalized spacial score (nSPS) is 20.6. The van der Waals surface area contributed by atoms with E-state index < -0.39 is 15.4 Å². The Bertz CT molecular complexity index is 916. The lowest BCUT2D eigenvalue weighted by molar-refractivity contribution is -0.126. The van der Waals surface area contributed by atoms with Crippen LogP contribution in [0.3, 0.4) is 0 Å². The molecule has 1 N–H and O–H groups in total. The first-order valence-electron chi connectivity index (χ1n) is 10.1. The molecule has 2 aliphatic heterocycles. The fraction of sp³-hybridized carbons (Fsp3) is 0.619. The summed E-state index contributed by atoms with van der Waals surface area (Å²) in [4.78, 5) is 26.3. The standard InChI is InChI=1S/C21H31N3O4S/c1-14(2)22-20(26)15-8-10-24(11-9-15)29(27,28)16-6-7-18-17(12-16)21(3,4)13-19(25)23(18)5/h6-7,12,14-15H,8-11,13H2,1-5H3,(H,22,26). The third-order valence-electron chi connectivity index (χ3n) is 5.92. The number of hydrogen-bond donors (Lipinski definition) is 1. The number of nitrogens with zero attached hydrogens (tertiary/aromatic N) is 2. The van der Waals surface area contributed by atoms with Crippen LogP contribution in [0.5, 0.6) is 0 Å². The van der Waals surface area contributed by atoms with Gasteiger partial charge >= 0.3 is 0 Å². The van der Waals surface area contributed by atoms with Crippen LogP contribution in [0.2, 0.25) is 0 Å². The molecule has 8 heteroatoms. The lowest BCUT2D eigenvalue weighted by atomic mass is 9.77. The number of benzene rings is 1.